The molecule has 4 aliphatic heterocycles. The Balaban J connectivity index is 1.11. The number of hydrogen-bond donors (Lipinski definition) is 0. The minimum atomic E-state index is -0.252. The topological polar surface area (TPSA) is 0 Å². The number of hydrogen-bond acceptors (Lipinski definition) is 0. The van der Waals surface area contributed by atoms with Gasteiger partial charge in [-0.15, -0.1) is 0 Å². The van der Waals surface area contributed by atoms with Gasteiger partial charge in [-0.25, -0.2) is 0 Å². The van der Waals surface area contributed by atoms with Crippen molar-refractivity contribution in [1.82, 2.24) is 0 Å². The summed E-state index contributed by atoms with van der Waals surface area (Å²) < 4.78 is 0. The van der Waals surface area contributed by atoms with Crippen molar-refractivity contribution in [2.24, 2.45) is 0 Å². The largest absolute Gasteiger partial charge is 0.146 e. The van der Waals surface area contributed by atoms with E-state index in [0.29, 0.717) is 10.3 Å². The summed E-state index contributed by atoms with van der Waals surface area (Å²) in [6.45, 7) is 17.7. The fourth-order valence-corrected chi connectivity index (χ4v) is 17.0. The molecule has 41 heavy (non-hydrogen) atoms. The van der Waals surface area contributed by atoms with Gasteiger partial charge in [-0.2, -0.15) is 0 Å². The zero-order valence-corrected chi connectivity index (χ0v) is 31.1. The van der Waals surface area contributed by atoms with Crippen molar-refractivity contribution in [3.63, 3.8) is 0 Å². The van der Waals surface area contributed by atoms with Gasteiger partial charge in [0, 0.05) is 22.3 Å². The number of rotatable bonds is 16. The van der Waals surface area contributed by atoms with Crippen LogP contribution in [0.25, 0.3) is 0 Å². The molecule has 4 saturated heterocycles. The van der Waals surface area contributed by atoms with Crippen LogP contribution in [-0.2, 0) is 0 Å². The van der Waals surface area contributed by atoms with Crippen LogP contribution in [0.5, 0.6) is 0 Å². The second-order valence-corrected chi connectivity index (χ2v) is 25.3. The molecule has 4 bridgehead atoms. The predicted molar refractivity (Wildman–Crippen MR) is 199 cm³/mol. The van der Waals surface area contributed by atoms with E-state index in [9.17, 15) is 0 Å². The Hall–Kier alpha value is 0.990. The van der Waals surface area contributed by atoms with Crippen LogP contribution in [0.2, 0.25) is 35.9 Å². The van der Waals surface area contributed by atoms with Crippen molar-refractivity contribution in [3.05, 3.63) is 0 Å². The van der Waals surface area contributed by atoms with Crippen LogP contribution in [0.15, 0.2) is 0 Å². The van der Waals surface area contributed by atoms with E-state index in [1.807, 2.05) is 0 Å². The first-order chi connectivity index (χ1) is 19.6. The molecule has 4 heteroatoms. The Morgan fingerprint density at radius 1 is 0.415 bits per heavy atom. The summed E-state index contributed by atoms with van der Waals surface area (Å²) in [6.07, 6.45) is 39.0. The van der Waals surface area contributed by atoms with E-state index in [4.69, 9.17) is 0 Å². The summed E-state index contributed by atoms with van der Waals surface area (Å²) in [7, 11) is -0.504. The summed E-state index contributed by atoms with van der Waals surface area (Å²) in [5.41, 5.74) is 0. The molecule has 0 nitrogen and oxygen atoms in total. The van der Waals surface area contributed by atoms with E-state index in [1.54, 1.807) is 121 Å². The van der Waals surface area contributed by atoms with E-state index < -0.39 is 0 Å². The standard InChI is InChI=1S/C37H72B2P2/c1-36(2,3)40(28-11-7-9-26-38-32-18-13-19-33(38)21-14-20-32)30-17-31-41(37(4,5)6)29-12-8-10-27-39-34-22-15-23-35(39)25-16-24-34/h32-35H,7-31H2,1-6H3/p+2. The molecule has 0 aromatic heterocycles. The average molecular weight is 603 g/mol. The molecule has 2 unspecified atom stereocenters. The van der Waals surface area contributed by atoms with E-state index in [1.165, 1.54) is 38.5 Å². The molecule has 0 saturated carbocycles. The van der Waals surface area contributed by atoms with Crippen LogP contribution in [0.1, 0.15) is 164 Å². The average Bonchev–Trinajstić information content (AvgIpc) is 2.88. The van der Waals surface area contributed by atoms with Gasteiger partial charge in [0.15, 0.2) is 0 Å². The molecule has 0 aliphatic carbocycles. The fourth-order valence-electron chi connectivity index (χ4n) is 10.6. The lowest BCUT2D eigenvalue weighted by Gasteiger charge is -2.40. The zero-order valence-electron chi connectivity index (χ0n) is 29.1. The van der Waals surface area contributed by atoms with E-state index in [2.05, 4.69) is 41.5 Å². The van der Waals surface area contributed by atoms with Gasteiger partial charge in [0.05, 0.1) is 35.0 Å². The maximum absolute atomic E-state index is 2.58. The van der Waals surface area contributed by atoms with Crippen molar-refractivity contribution >= 4 is 29.3 Å². The molecule has 0 N–H and O–H groups in total. The fraction of sp³-hybridized carbons (Fsp3) is 1.00. The highest BCUT2D eigenvalue weighted by Crippen LogP contribution is 2.55. The molecule has 0 radical (unpaired) electrons. The second kappa shape index (κ2) is 17.1. The van der Waals surface area contributed by atoms with Gasteiger partial charge < -0.3 is 0 Å². The van der Waals surface area contributed by atoms with Gasteiger partial charge in [0.25, 0.3) is 0 Å². The molecule has 0 spiro atoms. The summed E-state index contributed by atoms with van der Waals surface area (Å²) in [4.78, 5) is 0. The van der Waals surface area contributed by atoms with Gasteiger partial charge in [0.2, 0.25) is 0 Å². The number of fused-ring (bicyclic) bond motifs is 4. The Morgan fingerprint density at radius 3 is 1.00 bits per heavy atom. The highest BCUT2D eigenvalue weighted by molar-refractivity contribution is 7.60. The van der Waals surface area contributed by atoms with Gasteiger partial charge in [-0.3, -0.25) is 0 Å². The third-order valence-electron chi connectivity index (χ3n) is 13.1. The lowest BCUT2D eigenvalue weighted by molar-refractivity contribution is 0.440. The Bertz CT molecular complexity index is 623. The van der Waals surface area contributed by atoms with Crippen molar-refractivity contribution in [3.8, 4) is 0 Å². The molecule has 236 valence electrons. The lowest BCUT2D eigenvalue weighted by atomic mass is 9.26. The van der Waals surface area contributed by atoms with E-state index in [-0.39, 0.29) is 15.8 Å². The first-order valence-electron chi connectivity index (χ1n) is 19.3. The molecule has 4 heterocycles. The number of unbranched alkanes of at least 4 members (excludes halogenated alkanes) is 4. The van der Waals surface area contributed by atoms with Crippen LogP contribution in [0.4, 0.5) is 0 Å². The van der Waals surface area contributed by atoms with Crippen molar-refractivity contribution in [2.45, 2.75) is 210 Å². The molecule has 4 fully saturated rings. The van der Waals surface area contributed by atoms with Gasteiger partial charge in [-0.05, 0) is 54.4 Å². The van der Waals surface area contributed by atoms with Crippen LogP contribution < -0.4 is 0 Å². The Kier molecular flexibility index (Phi) is 14.5. The third-order valence-corrected chi connectivity index (χ3v) is 21.2. The van der Waals surface area contributed by atoms with Gasteiger partial charge in [0.1, 0.15) is 13.4 Å². The first kappa shape index (κ1) is 34.9. The minimum Gasteiger partial charge on any atom is -0.0737 e. The molecule has 4 aliphatic rings. The zero-order chi connectivity index (χ0) is 29.3. The van der Waals surface area contributed by atoms with Crippen LogP contribution in [-0.4, -0.2) is 48.4 Å². The Morgan fingerprint density at radius 2 is 0.707 bits per heavy atom. The molecule has 0 aromatic rings. The summed E-state index contributed by atoms with van der Waals surface area (Å²) in [5, 5.41) is 1.16. The van der Waals surface area contributed by atoms with Crippen molar-refractivity contribution in [1.29, 1.82) is 0 Å². The van der Waals surface area contributed by atoms with Crippen LogP contribution in [0.3, 0.4) is 0 Å². The first-order valence-corrected chi connectivity index (χ1v) is 23.2. The normalized spacial score (nSPS) is 28.5. The van der Waals surface area contributed by atoms with Gasteiger partial charge in [-0.1, -0.05) is 139 Å². The molecule has 2 atom stereocenters. The minimum absolute atomic E-state index is 0.252. The monoisotopic (exact) mass is 603 g/mol. The summed E-state index contributed by atoms with van der Waals surface area (Å²) >= 11 is 0. The van der Waals surface area contributed by atoms with Crippen LogP contribution in [0, 0.1) is 0 Å². The van der Waals surface area contributed by atoms with E-state index in [0.717, 1.165) is 36.7 Å². The second-order valence-electron chi connectivity index (χ2n) is 17.9. The van der Waals surface area contributed by atoms with Gasteiger partial charge >= 0.3 is 0 Å². The quantitative estimate of drug-likeness (QED) is 0.0937. The lowest BCUT2D eigenvalue weighted by Crippen LogP contribution is -2.34. The molecular weight excluding hydrogens is 528 g/mol. The molecule has 4 rings (SSSR count). The molecule has 0 aromatic carbocycles. The van der Waals surface area contributed by atoms with E-state index >= 15 is 0 Å². The van der Waals surface area contributed by atoms with Crippen LogP contribution >= 0.6 is 15.8 Å². The summed E-state index contributed by atoms with van der Waals surface area (Å²) in [5.74, 6) is 4.47. The van der Waals surface area contributed by atoms with Crippen molar-refractivity contribution in [2.75, 3.05) is 24.6 Å². The third kappa shape index (κ3) is 11.1. The molecule has 0 amide bonds. The Labute approximate surface area is 262 Å². The molecular formula is C37H74B2P2+2. The maximum Gasteiger partial charge on any atom is 0.146 e. The SMILES string of the molecule is CC(C)(C)[PH+](CCCCCB1C2CCCC1CCC2)CCC[PH+](CCCCCB1C2CCCC1CCC2)C(C)(C)C. The predicted octanol–water partition coefficient (Wildman–Crippen LogP) is 12.9. The highest BCUT2D eigenvalue weighted by Gasteiger charge is 2.40. The highest BCUT2D eigenvalue weighted by atomic mass is 31.1. The van der Waals surface area contributed by atoms with Crippen molar-refractivity contribution < 1.29 is 0 Å². The summed E-state index contributed by atoms with van der Waals surface area (Å²) in [6, 6.07) is 0. The smallest absolute Gasteiger partial charge is 0.0737 e. The maximum atomic E-state index is 2.58.